The molecule has 10 heteroatoms. The molecule has 35 heavy (non-hydrogen) atoms. The number of nitrogens with zero attached hydrogens (tertiary/aromatic N) is 2. The Labute approximate surface area is 209 Å². The molecule has 1 saturated heterocycles. The summed E-state index contributed by atoms with van der Waals surface area (Å²) in [6, 6.07) is 13.3. The number of carbonyl (C=O) groups is 1. The zero-order valence-corrected chi connectivity index (χ0v) is 21.4. The van der Waals surface area contributed by atoms with Gasteiger partial charge in [0.25, 0.3) is 0 Å². The van der Waals surface area contributed by atoms with Crippen molar-refractivity contribution in [2.45, 2.75) is 22.2 Å². The lowest BCUT2D eigenvalue weighted by Crippen LogP contribution is -2.44. The van der Waals surface area contributed by atoms with E-state index in [9.17, 15) is 18.3 Å². The summed E-state index contributed by atoms with van der Waals surface area (Å²) in [6.07, 6.45) is 0. The summed E-state index contributed by atoms with van der Waals surface area (Å²) in [5, 5.41) is 14.8. The van der Waals surface area contributed by atoms with Gasteiger partial charge in [0.05, 0.1) is 23.3 Å². The molecule has 0 saturated carbocycles. The summed E-state index contributed by atoms with van der Waals surface area (Å²) in [7, 11) is -0.108. The van der Waals surface area contributed by atoms with E-state index in [-0.39, 0.29) is 21.2 Å². The van der Waals surface area contributed by atoms with Crippen molar-refractivity contribution in [3.63, 3.8) is 0 Å². The number of carboxylic acid groups (broad SMARTS) is 1. The van der Waals surface area contributed by atoms with Crippen molar-refractivity contribution in [3.8, 4) is 5.75 Å². The van der Waals surface area contributed by atoms with Gasteiger partial charge in [-0.25, -0.2) is 13.2 Å². The smallest absolute Gasteiger partial charge is 0.337 e. The minimum atomic E-state index is -3.73. The van der Waals surface area contributed by atoms with E-state index < -0.39 is 15.8 Å². The molecule has 1 aliphatic heterocycles. The number of hydrogen-bond acceptors (Lipinski definition) is 8. The van der Waals surface area contributed by atoms with Crippen LogP contribution >= 0.6 is 11.3 Å². The molecule has 2 aromatic carbocycles. The second-order valence-corrected chi connectivity index (χ2v) is 11.6. The standard InChI is InChI=1S/C25H29N3O5S2/c1-27-11-13-28(14-12-27)17-19-4-3-5-22(24(29)30)23(19)26-16-18-10-15-34-25(18)35(31,32)21-8-6-20(33-2)7-9-21/h3-10,15,26H,11-14,16-17H2,1-2H3,(H,29,30). The number of para-hydroxylation sites is 1. The van der Waals surface area contributed by atoms with Gasteiger partial charge in [0.15, 0.2) is 0 Å². The maximum absolute atomic E-state index is 13.3. The van der Waals surface area contributed by atoms with Gasteiger partial charge in [-0.05, 0) is 54.4 Å². The number of hydrogen-bond donors (Lipinski definition) is 2. The molecule has 0 bridgehead atoms. The van der Waals surface area contributed by atoms with Crippen molar-refractivity contribution in [3.05, 3.63) is 70.6 Å². The molecule has 0 atom stereocenters. The van der Waals surface area contributed by atoms with E-state index in [0.29, 0.717) is 23.5 Å². The van der Waals surface area contributed by atoms with Gasteiger partial charge >= 0.3 is 5.97 Å². The zero-order chi connectivity index (χ0) is 25.0. The van der Waals surface area contributed by atoms with E-state index >= 15 is 0 Å². The van der Waals surface area contributed by atoms with E-state index in [2.05, 4.69) is 22.2 Å². The topological polar surface area (TPSA) is 99.2 Å². The molecule has 1 aromatic heterocycles. The summed E-state index contributed by atoms with van der Waals surface area (Å²) in [6.45, 7) is 4.54. The van der Waals surface area contributed by atoms with Gasteiger partial charge in [0.1, 0.15) is 9.96 Å². The van der Waals surface area contributed by atoms with Crippen LogP contribution in [0.1, 0.15) is 21.5 Å². The van der Waals surface area contributed by atoms with Gasteiger partial charge in [-0.3, -0.25) is 4.90 Å². The largest absolute Gasteiger partial charge is 0.497 e. The highest BCUT2D eigenvalue weighted by atomic mass is 32.2. The number of rotatable bonds is 9. The van der Waals surface area contributed by atoms with Crippen LogP contribution in [0.5, 0.6) is 5.75 Å². The number of likely N-dealkylation sites (N-methyl/N-ethyl adjacent to an activating group) is 1. The number of nitrogens with one attached hydrogen (secondary N) is 1. The van der Waals surface area contributed by atoms with E-state index in [1.54, 1.807) is 35.7 Å². The van der Waals surface area contributed by atoms with Crippen LogP contribution in [0.3, 0.4) is 0 Å². The lowest BCUT2D eigenvalue weighted by molar-refractivity contribution is 0.0697. The van der Waals surface area contributed by atoms with E-state index in [4.69, 9.17) is 4.74 Å². The first kappa shape index (κ1) is 25.2. The van der Waals surface area contributed by atoms with Gasteiger partial charge in [-0.2, -0.15) is 0 Å². The number of thiophene rings is 1. The Morgan fingerprint density at radius 2 is 1.77 bits per heavy atom. The van der Waals surface area contributed by atoms with E-state index in [1.807, 2.05) is 6.07 Å². The second kappa shape index (κ2) is 10.8. The van der Waals surface area contributed by atoms with Crippen molar-refractivity contribution < 1.29 is 23.1 Å². The average Bonchev–Trinajstić information content (AvgIpc) is 3.34. The molecule has 2 N–H and O–H groups in total. The lowest BCUT2D eigenvalue weighted by Gasteiger charge is -2.33. The first-order valence-electron chi connectivity index (χ1n) is 11.2. The first-order valence-corrected chi connectivity index (χ1v) is 13.6. The van der Waals surface area contributed by atoms with Gasteiger partial charge in [-0.15, -0.1) is 11.3 Å². The fraction of sp³-hybridized carbons (Fsp3) is 0.320. The average molecular weight is 516 g/mol. The predicted molar refractivity (Wildman–Crippen MR) is 136 cm³/mol. The van der Waals surface area contributed by atoms with Gasteiger partial charge in [0.2, 0.25) is 9.84 Å². The van der Waals surface area contributed by atoms with Gasteiger partial charge in [0, 0.05) is 44.8 Å². The fourth-order valence-electron chi connectivity index (χ4n) is 4.10. The highest BCUT2D eigenvalue weighted by Crippen LogP contribution is 2.32. The normalized spacial score (nSPS) is 15.1. The Balaban J connectivity index is 1.58. The first-order chi connectivity index (χ1) is 16.8. The fourth-order valence-corrected chi connectivity index (χ4v) is 6.90. The predicted octanol–water partition coefficient (Wildman–Crippen LogP) is 3.65. The maximum atomic E-state index is 13.3. The number of anilines is 1. The molecular formula is C25H29N3O5S2. The number of benzene rings is 2. The second-order valence-electron chi connectivity index (χ2n) is 8.49. The zero-order valence-electron chi connectivity index (χ0n) is 19.7. The Bertz CT molecular complexity index is 1280. The molecule has 1 aliphatic rings. The third-order valence-electron chi connectivity index (χ3n) is 6.15. The number of carboxylic acids is 1. The van der Waals surface area contributed by atoms with Crippen LogP contribution in [0.2, 0.25) is 0 Å². The third kappa shape index (κ3) is 5.67. The van der Waals surface area contributed by atoms with Crippen LogP contribution < -0.4 is 10.1 Å². The van der Waals surface area contributed by atoms with Crippen LogP contribution in [0.25, 0.3) is 0 Å². The minimum Gasteiger partial charge on any atom is -0.497 e. The molecule has 0 spiro atoms. The van der Waals surface area contributed by atoms with Crippen molar-refractivity contribution in [2.24, 2.45) is 0 Å². The molecule has 3 aromatic rings. The van der Waals surface area contributed by atoms with Gasteiger partial charge < -0.3 is 20.1 Å². The van der Waals surface area contributed by atoms with Crippen molar-refractivity contribution in [2.75, 3.05) is 45.7 Å². The lowest BCUT2D eigenvalue weighted by atomic mass is 10.1. The highest BCUT2D eigenvalue weighted by Gasteiger charge is 2.24. The van der Waals surface area contributed by atoms with Crippen LogP contribution in [0, 0.1) is 0 Å². The van der Waals surface area contributed by atoms with Gasteiger partial charge in [-0.1, -0.05) is 12.1 Å². The summed E-state index contributed by atoms with van der Waals surface area (Å²) >= 11 is 1.15. The summed E-state index contributed by atoms with van der Waals surface area (Å²) in [4.78, 5) is 16.7. The van der Waals surface area contributed by atoms with E-state index in [1.165, 1.54) is 19.2 Å². The minimum absolute atomic E-state index is 0.173. The SMILES string of the molecule is COc1ccc(S(=O)(=O)c2sccc2CNc2c(CN3CCN(C)CC3)cccc2C(=O)O)cc1. The van der Waals surface area contributed by atoms with Crippen LogP contribution in [0.4, 0.5) is 5.69 Å². The Morgan fingerprint density at radius 3 is 2.43 bits per heavy atom. The third-order valence-corrected chi connectivity index (χ3v) is 9.49. The van der Waals surface area contributed by atoms with Crippen molar-refractivity contribution >= 4 is 32.8 Å². The summed E-state index contributed by atoms with van der Waals surface area (Å²) in [5.41, 5.74) is 2.17. The summed E-state index contributed by atoms with van der Waals surface area (Å²) in [5.74, 6) is -0.445. The quantitative estimate of drug-likeness (QED) is 0.446. The van der Waals surface area contributed by atoms with Crippen molar-refractivity contribution in [1.82, 2.24) is 9.80 Å². The number of methoxy groups -OCH3 is 1. The molecule has 1 fully saturated rings. The van der Waals surface area contributed by atoms with Crippen LogP contribution in [-0.2, 0) is 22.9 Å². The molecule has 186 valence electrons. The number of ether oxygens (including phenoxy) is 1. The molecule has 0 aliphatic carbocycles. The highest BCUT2D eigenvalue weighted by molar-refractivity contribution is 7.93. The monoisotopic (exact) mass is 515 g/mol. The Kier molecular flexibility index (Phi) is 7.75. The molecular weight excluding hydrogens is 486 g/mol. The maximum Gasteiger partial charge on any atom is 0.337 e. The van der Waals surface area contributed by atoms with Crippen LogP contribution in [0.15, 0.2) is 63.0 Å². The van der Waals surface area contributed by atoms with Crippen LogP contribution in [-0.4, -0.2) is 69.6 Å². The number of aromatic carboxylic acids is 1. The molecule has 8 nitrogen and oxygen atoms in total. The molecule has 0 unspecified atom stereocenters. The molecule has 0 amide bonds. The summed E-state index contributed by atoms with van der Waals surface area (Å²) < 4.78 is 32.0. The Hall–Kier alpha value is -2.92. The number of piperazine rings is 1. The van der Waals surface area contributed by atoms with Crippen molar-refractivity contribution in [1.29, 1.82) is 0 Å². The molecule has 2 heterocycles. The number of sulfone groups is 1. The van der Waals surface area contributed by atoms with E-state index in [0.717, 1.165) is 43.1 Å². The molecule has 0 radical (unpaired) electrons. The molecule has 4 rings (SSSR count). The Morgan fingerprint density at radius 1 is 1.06 bits per heavy atom.